The van der Waals surface area contributed by atoms with E-state index in [0.717, 1.165) is 56.7 Å². The molecule has 6 nitrogen and oxygen atoms in total. The number of alkyl halides is 3. The van der Waals surface area contributed by atoms with E-state index in [1.54, 1.807) is 12.3 Å². The summed E-state index contributed by atoms with van der Waals surface area (Å²) >= 11 is 0. The van der Waals surface area contributed by atoms with Crippen molar-refractivity contribution in [2.75, 3.05) is 32.8 Å². The Kier molecular flexibility index (Phi) is 5.24. The van der Waals surface area contributed by atoms with E-state index in [1.807, 2.05) is 6.07 Å². The number of carbonyl (C=O) groups is 1. The van der Waals surface area contributed by atoms with Crippen molar-refractivity contribution in [3.63, 3.8) is 0 Å². The molecule has 2 atom stereocenters. The third-order valence-electron chi connectivity index (χ3n) is 8.71. The summed E-state index contributed by atoms with van der Waals surface area (Å²) in [5.41, 5.74) is 2.93. The molecule has 3 saturated heterocycles. The number of ether oxygens (including phenoxy) is 1. The minimum absolute atomic E-state index is 0. The smallest absolute Gasteiger partial charge is 0.366 e. The van der Waals surface area contributed by atoms with Gasteiger partial charge in [-0.3, -0.25) is 9.78 Å². The van der Waals surface area contributed by atoms with E-state index in [4.69, 9.17) is 4.74 Å². The Hall–Kier alpha value is -2.51. The summed E-state index contributed by atoms with van der Waals surface area (Å²) < 4.78 is 45.7. The lowest BCUT2D eigenvalue weighted by Gasteiger charge is -2.61. The Bertz CT molecular complexity index is 1050. The number of amides is 1. The van der Waals surface area contributed by atoms with Crippen LogP contribution in [0.4, 0.5) is 13.2 Å². The predicted octanol–water partition coefficient (Wildman–Crippen LogP) is 3.39. The maximum Gasteiger partial charge on any atom is 0.399 e. The molecule has 35 heavy (non-hydrogen) atoms. The van der Waals surface area contributed by atoms with Crippen molar-refractivity contribution in [3.8, 4) is 0 Å². The van der Waals surface area contributed by atoms with Gasteiger partial charge in [-0.25, -0.2) is 0 Å². The molecular weight excluding hydrogens is 457 g/mol. The largest absolute Gasteiger partial charge is 0.399 e. The summed E-state index contributed by atoms with van der Waals surface area (Å²) in [5.74, 6) is 1.50. The van der Waals surface area contributed by atoms with Gasteiger partial charge in [-0.2, -0.15) is 13.2 Å². The molecular formula is C26H33F3N4O2. The summed E-state index contributed by atoms with van der Waals surface area (Å²) in [4.78, 5) is 20.5. The molecule has 0 aromatic carbocycles. The first-order valence-electron chi connectivity index (χ1n) is 12.5. The molecule has 5 aliphatic rings. The lowest BCUT2D eigenvalue weighted by atomic mass is 9.56. The van der Waals surface area contributed by atoms with Crippen LogP contribution in [0.5, 0.6) is 0 Å². The molecule has 0 bridgehead atoms. The van der Waals surface area contributed by atoms with Crippen LogP contribution < -0.4 is 5.32 Å². The SMILES string of the molecule is C=C=C(N1CC[C@@H]2OCC(=O)N[C@@H]2C1)N1CC2(CC(Cc3ccc(C4(C(F)(F)F)CC4)nc3)C2)C1.[HH]. The third kappa shape index (κ3) is 3.93. The summed E-state index contributed by atoms with van der Waals surface area (Å²) in [5, 5.41) is 3.05. The highest BCUT2D eigenvalue weighted by Crippen LogP contribution is 2.58. The second-order valence-corrected chi connectivity index (χ2v) is 11.2. The standard InChI is InChI=1S/C26H31F3N4O2.H2/c1-2-23(32-8-5-20-19(13-32)31-22(34)14-35-20)33-15-24(16-33)10-18(11-24)9-17-3-4-21(30-12-17)25(6-7-25)26(27,28)29;/h3-4,12,18-20H,1,5-11,13-16H2,(H,31,34);1H/t19-,20+;/m1./s1. The normalized spacial score (nSPS) is 28.9. The summed E-state index contributed by atoms with van der Waals surface area (Å²) in [6.45, 7) is 7.58. The quantitative estimate of drug-likeness (QED) is 0.642. The van der Waals surface area contributed by atoms with Gasteiger partial charge in [0.2, 0.25) is 5.91 Å². The molecule has 0 radical (unpaired) electrons. The van der Waals surface area contributed by atoms with Gasteiger partial charge >= 0.3 is 6.18 Å². The molecule has 1 aromatic rings. The first-order chi connectivity index (χ1) is 16.7. The summed E-state index contributed by atoms with van der Waals surface area (Å²) in [6, 6.07) is 3.42. The van der Waals surface area contributed by atoms with Crippen molar-refractivity contribution >= 4 is 5.91 Å². The first-order valence-corrected chi connectivity index (χ1v) is 12.5. The average Bonchev–Trinajstić information content (AvgIpc) is 3.59. The van der Waals surface area contributed by atoms with E-state index in [2.05, 4.69) is 32.4 Å². The maximum atomic E-state index is 13.3. The van der Waals surface area contributed by atoms with Crippen molar-refractivity contribution in [3.05, 3.63) is 47.7 Å². The highest BCUT2D eigenvalue weighted by molar-refractivity contribution is 5.78. The van der Waals surface area contributed by atoms with E-state index >= 15 is 0 Å². The van der Waals surface area contributed by atoms with Gasteiger partial charge in [-0.1, -0.05) is 18.4 Å². The number of pyridine rings is 1. The number of morpholine rings is 1. The fourth-order valence-corrected chi connectivity index (χ4v) is 6.77. The monoisotopic (exact) mass is 490 g/mol. The molecule has 2 saturated carbocycles. The molecule has 0 unspecified atom stereocenters. The fourth-order valence-electron chi connectivity index (χ4n) is 6.77. The zero-order chi connectivity index (χ0) is 24.4. The van der Waals surface area contributed by atoms with Crippen LogP contribution in [0.3, 0.4) is 0 Å². The zero-order valence-corrected chi connectivity index (χ0v) is 19.7. The molecule has 9 heteroatoms. The zero-order valence-electron chi connectivity index (χ0n) is 19.7. The number of hydrogen-bond acceptors (Lipinski definition) is 5. The highest BCUT2D eigenvalue weighted by Gasteiger charge is 2.65. The molecule has 1 aromatic heterocycles. The van der Waals surface area contributed by atoms with Crippen molar-refractivity contribution in [2.45, 2.75) is 62.3 Å². The lowest BCUT2D eigenvalue weighted by molar-refractivity contribution is -0.161. The number of likely N-dealkylation sites (tertiary alicyclic amines) is 2. The number of rotatable bonds is 5. The van der Waals surface area contributed by atoms with Gasteiger partial charge in [0.25, 0.3) is 0 Å². The van der Waals surface area contributed by atoms with E-state index in [1.165, 1.54) is 0 Å². The number of hydrogen-bond donors (Lipinski definition) is 1. The van der Waals surface area contributed by atoms with Gasteiger partial charge in [0.1, 0.15) is 17.8 Å². The second kappa shape index (κ2) is 8.00. The molecule has 190 valence electrons. The van der Waals surface area contributed by atoms with Crippen LogP contribution in [-0.2, 0) is 21.4 Å². The molecule has 6 rings (SSSR count). The molecule has 5 fully saturated rings. The van der Waals surface area contributed by atoms with Crippen molar-refractivity contribution < 1.29 is 24.1 Å². The highest BCUT2D eigenvalue weighted by atomic mass is 19.4. The van der Waals surface area contributed by atoms with Gasteiger partial charge in [0.05, 0.1) is 17.8 Å². The lowest BCUT2D eigenvalue weighted by Crippen LogP contribution is -2.65. The third-order valence-corrected chi connectivity index (χ3v) is 8.71. The maximum absolute atomic E-state index is 13.3. The number of fused-ring (bicyclic) bond motifs is 1. The van der Waals surface area contributed by atoms with Crippen molar-refractivity contribution in [1.82, 2.24) is 20.1 Å². The van der Waals surface area contributed by atoms with Gasteiger partial charge in [-0.05, 0) is 56.1 Å². The van der Waals surface area contributed by atoms with Gasteiger partial charge in [-0.15, -0.1) is 0 Å². The summed E-state index contributed by atoms with van der Waals surface area (Å²) in [6.07, 6.45) is 1.78. The molecule has 1 spiro atoms. The van der Waals surface area contributed by atoms with Crippen molar-refractivity contribution in [2.24, 2.45) is 11.3 Å². The Labute approximate surface area is 204 Å². The van der Waals surface area contributed by atoms with Crippen molar-refractivity contribution in [1.29, 1.82) is 0 Å². The topological polar surface area (TPSA) is 57.7 Å². The summed E-state index contributed by atoms with van der Waals surface area (Å²) in [7, 11) is 0. The second-order valence-electron chi connectivity index (χ2n) is 11.2. The van der Waals surface area contributed by atoms with Gasteiger partial charge in [0, 0.05) is 39.2 Å². The number of carbonyl (C=O) groups excluding carboxylic acids is 1. The number of nitrogens with zero attached hydrogens (tertiary/aromatic N) is 3. The van der Waals surface area contributed by atoms with Crippen LogP contribution in [0.15, 0.2) is 36.5 Å². The number of nitrogens with one attached hydrogen (secondary N) is 1. The number of piperidine rings is 1. The minimum Gasteiger partial charge on any atom is -0.366 e. The van der Waals surface area contributed by atoms with Crippen LogP contribution in [0.1, 0.15) is 44.8 Å². The predicted molar refractivity (Wildman–Crippen MR) is 124 cm³/mol. The van der Waals surface area contributed by atoms with E-state index in [0.29, 0.717) is 17.9 Å². The van der Waals surface area contributed by atoms with Gasteiger partial charge in [0.15, 0.2) is 0 Å². The van der Waals surface area contributed by atoms with Crippen LogP contribution in [0, 0.1) is 11.3 Å². The Morgan fingerprint density at radius 2 is 2.06 bits per heavy atom. The molecule has 1 amide bonds. The first kappa shape index (κ1) is 22.9. The minimum atomic E-state index is -4.22. The van der Waals surface area contributed by atoms with E-state index < -0.39 is 11.6 Å². The number of halogens is 3. The fraction of sp³-hybridized carbons (Fsp3) is 0.654. The Morgan fingerprint density at radius 1 is 1.29 bits per heavy atom. The number of aromatic nitrogens is 1. The molecule has 3 aliphatic heterocycles. The van der Waals surface area contributed by atoms with Crippen LogP contribution in [0.25, 0.3) is 0 Å². The van der Waals surface area contributed by atoms with Crippen LogP contribution >= 0.6 is 0 Å². The molecule has 1 N–H and O–H groups in total. The van der Waals surface area contributed by atoms with Gasteiger partial charge < -0.3 is 19.9 Å². The van der Waals surface area contributed by atoms with E-state index in [9.17, 15) is 18.0 Å². The van der Waals surface area contributed by atoms with Crippen LogP contribution in [-0.4, -0.2) is 71.8 Å². The van der Waals surface area contributed by atoms with E-state index in [-0.39, 0.29) is 44.6 Å². The Morgan fingerprint density at radius 3 is 2.69 bits per heavy atom. The Balaban J connectivity index is 0.00000267. The average molecular weight is 491 g/mol. The molecule has 2 aliphatic carbocycles. The van der Waals surface area contributed by atoms with Crippen LogP contribution in [0.2, 0.25) is 0 Å². The molecule has 4 heterocycles.